The number of halogens is 5. The Hall–Kier alpha value is -0.980. The van der Waals surface area contributed by atoms with Crippen molar-refractivity contribution in [3.05, 3.63) is 0 Å². The van der Waals surface area contributed by atoms with Crippen molar-refractivity contribution in [2.45, 2.75) is 12.6 Å². The van der Waals surface area contributed by atoms with E-state index in [0.29, 0.717) is 0 Å². The molecule has 1 unspecified atom stereocenters. The van der Waals surface area contributed by atoms with Gasteiger partial charge in [0.05, 0.1) is 0 Å². The summed E-state index contributed by atoms with van der Waals surface area (Å²) in [6.45, 7) is 0.0137. The van der Waals surface area contributed by atoms with Gasteiger partial charge in [0.15, 0.2) is 0 Å². The molecular formula is C4H4F5O4P. The van der Waals surface area contributed by atoms with Crippen molar-refractivity contribution in [2.75, 3.05) is 0 Å². The van der Waals surface area contributed by atoms with Crippen LogP contribution in [0.2, 0.25) is 0 Å². The molecule has 0 aliphatic rings. The SMILES string of the molecule is CC(F)(C(=O)O)C(=O)OP(F)(F)(F)F. The van der Waals surface area contributed by atoms with E-state index in [1.807, 2.05) is 0 Å². The first-order valence-electron chi connectivity index (χ1n) is 2.88. The minimum absolute atomic E-state index is 0.0137. The molecule has 0 aromatic heterocycles. The second-order valence-electron chi connectivity index (χ2n) is 2.35. The number of carboxylic acids is 1. The molecule has 0 amide bonds. The fourth-order valence-electron chi connectivity index (χ4n) is 0.298. The molecule has 14 heavy (non-hydrogen) atoms. The fraction of sp³-hybridized carbons (Fsp3) is 0.500. The number of alkyl halides is 1. The van der Waals surface area contributed by atoms with Crippen molar-refractivity contribution in [3.8, 4) is 0 Å². The van der Waals surface area contributed by atoms with Gasteiger partial charge in [-0.3, -0.25) is 0 Å². The molecule has 0 aromatic rings. The van der Waals surface area contributed by atoms with Crippen molar-refractivity contribution < 1.29 is 40.4 Å². The molecule has 84 valence electrons. The van der Waals surface area contributed by atoms with E-state index in [1.165, 1.54) is 0 Å². The Labute approximate surface area is 74.1 Å². The molecule has 1 atom stereocenters. The Morgan fingerprint density at radius 3 is 1.86 bits per heavy atom. The second-order valence-corrected chi connectivity index (χ2v) is 3.85. The summed E-state index contributed by atoms with van der Waals surface area (Å²) in [4.78, 5) is 20.1. The van der Waals surface area contributed by atoms with Gasteiger partial charge in [0, 0.05) is 0 Å². The Kier molecular flexibility index (Phi) is 2.80. The summed E-state index contributed by atoms with van der Waals surface area (Å²) in [5.41, 5.74) is -3.93. The molecule has 0 heterocycles. The van der Waals surface area contributed by atoms with Gasteiger partial charge in [-0.05, 0) is 0 Å². The third-order valence-electron chi connectivity index (χ3n) is 1.01. The normalized spacial score (nSPS) is 18.9. The maximum absolute atomic E-state index is 12.6. The third kappa shape index (κ3) is 3.82. The van der Waals surface area contributed by atoms with Gasteiger partial charge in [0.1, 0.15) is 0 Å². The van der Waals surface area contributed by atoms with Crippen LogP contribution in [-0.2, 0) is 14.1 Å². The van der Waals surface area contributed by atoms with Crippen molar-refractivity contribution in [2.24, 2.45) is 0 Å². The van der Waals surface area contributed by atoms with Crippen LogP contribution in [0.15, 0.2) is 0 Å². The summed E-state index contributed by atoms with van der Waals surface area (Å²) in [5, 5.41) is 7.94. The Morgan fingerprint density at radius 2 is 1.64 bits per heavy atom. The Bertz CT molecular complexity index is 272. The number of carbonyl (C=O) groups is 2. The Balaban J connectivity index is 4.77. The average molecular weight is 242 g/mol. The molecule has 0 aliphatic carbocycles. The first-order chi connectivity index (χ1) is 5.82. The van der Waals surface area contributed by atoms with Crippen LogP contribution >= 0.6 is 8.07 Å². The standard InChI is InChI=1S/C4H4F5O4P/c1-4(5,2(10)11)3(12)13-14(6,7,8)9/h1H3,(H,10,11). The Morgan fingerprint density at radius 1 is 1.29 bits per heavy atom. The van der Waals surface area contributed by atoms with Gasteiger partial charge in [-0.1, -0.05) is 0 Å². The predicted molar refractivity (Wildman–Crippen MR) is 34.6 cm³/mol. The third-order valence-corrected chi connectivity index (χ3v) is 1.45. The summed E-state index contributed by atoms with van der Waals surface area (Å²) in [5.74, 6) is -5.33. The van der Waals surface area contributed by atoms with Crippen LogP contribution in [0.3, 0.4) is 0 Å². The molecule has 0 aromatic carbocycles. The van der Waals surface area contributed by atoms with E-state index in [4.69, 9.17) is 5.11 Å². The van der Waals surface area contributed by atoms with Crippen molar-refractivity contribution in [1.82, 2.24) is 0 Å². The number of carboxylic acid groups (broad SMARTS) is 1. The minimum atomic E-state index is -8.69. The number of hydrogen-bond donors (Lipinski definition) is 1. The number of aliphatic carboxylic acids is 1. The van der Waals surface area contributed by atoms with Gasteiger partial charge in [0.2, 0.25) is 0 Å². The van der Waals surface area contributed by atoms with E-state index in [0.717, 1.165) is 0 Å². The molecule has 4 nitrogen and oxygen atoms in total. The van der Waals surface area contributed by atoms with Gasteiger partial charge in [-0.25, -0.2) is 0 Å². The molecule has 0 aliphatic heterocycles. The topological polar surface area (TPSA) is 63.6 Å². The van der Waals surface area contributed by atoms with Crippen molar-refractivity contribution in [3.63, 3.8) is 0 Å². The van der Waals surface area contributed by atoms with E-state index < -0.39 is 25.7 Å². The summed E-state index contributed by atoms with van der Waals surface area (Å²) in [6, 6.07) is 0. The molecule has 0 saturated heterocycles. The van der Waals surface area contributed by atoms with Crippen LogP contribution in [0.25, 0.3) is 0 Å². The van der Waals surface area contributed by atoms with Gasteiger partial charge < -0.3 is 0 Å². The maximum atomic E-state index is 12.6. The van der Waals surface area contributed by atoms with E-state index in [9.17, 15) is 30.8 Å². The first kappa shape index (κ1) is 13.0. The molecule has 0 saturated carbocycles. The summed E-state index contributed by atoms with van der Waals surface area (Å²) < 4.78 is 60.6. The predicted octanol–water partition coefficient (Wildman–Crippen LogP) is 2.35. The molecule has 0 fully saturated rings. The quantitative estimate of drug-likeness (QED) is 0.468. The summed E-state index contributed by atoms with van der Waals surface area (Å²) in [6.07, 6.45) is 0. The summed E-state index contributed by atoms with van der Waals surface area (Å²) in [7, 11) is -8.69. The van der Waals surface area contributed by atoms with Crippen molar-refractivity contribution >= 4 is 20.0 Å². The number of hydrogen-bond acceptors (Lipinski definition) is 3. The van der Waals surface area contributed by atoms with E-state index >= 15 is 0 Å². The molecule has 0 radical (unpaired) electrons. The van der Waals surface area contributed by atoms with E-state index in [2.05, 4.69) is 4.52 Å². The van der Waals surface area contributed by atoms with Crippen molar-refractivity contribution in [1.29, 1.82) is 0 Å². The van der Waals surface area contributed by atoms with Crippen LogP contribution in [0, 0.1) is 0 Å². The second kappa shape index (κ2) is 3.01. The van der Waals surface area contributed by atoms with Gasteiger partial charge in [0.25, 0.3) is 0 Å². The van der Waals surface area contributed by atoms with Gasteiger partial charge in [-0.15, -0.1) is 0 Å². The van der Waals surface area contributed by atoms with E-state index in [-0.39, 0.29) is 6.92 Å². The van der Waals surface area contributed by atoms with Gasteiger partial charge >= 0.3 is 73.0 Å². The fourth-order valence-corrected chi connectivity index (χ4v) is 0.721. The molecule has 1 N–H and O–H groups in total. The molecule has 0 spiro atoms. The molecule has 0 bridgehead atoms. The molecule has 0 rings (SSSR count). The first-order valence-corrected chi connectivity index (χ1v) is 4.60. The molecular weight excluding hydrogens is 238 g/mol. The van der Waals surface area contributed by atoms with E-state index in [1.54, 1.807) is 0 Å². The van der Waals surface area contributed by atoms with Crippen LogP contribution in [-0.4, -0.2) is 22.7 Å². The molecule has 10 heteroatoms. The van der Waals surface area contributed by atoms with Crippen LogP contribution < -0.4 is 0 Å². The number of rotatable bonds is 3. The van der Waals surface area contributed by atoms with Gasteiger partial charge in [-0.2, -0.15) is 0 Å². The van der Waals surface area contributed by atoms with Crippen LogP contribution in [0.4, 0.5) is 21.2 Å². The zero-order valence-corrected chi connectivity index (χ0v) is 7.40. The zero-order chi connectivity index (χ0) is 11.8. The van der Waals surface area contributed by atoms with Crippen LogP contribution in [0.1, 0.15) is 6.92 Å². The number of carbonyl (C=O) groups excluding carboxylic acids is 1. The monoisotopic (exact) mass is 242 g/mol. The zero-order valence-electron chi connectivity index (χ0n) is 6.51. The van der Waals surface area contributed by atoms with Crippen LogP contribution in [0.5, 0.6) is 0 Å². The average Bonchev–Trinajstić information content (AvgIpc) is 1.80. The summed E-state index contributed by atoms with van der Waals surface area (Å²) >= 11 is 0.